The maximum atomic E-state index is 6.19. The molecule has 2 fully saturated rings. The lowest BCUT2D eigenvalue weighted by molar-refractivity contribution is 0.0219. The van der Waals surface area contributed by atoms with Crippen molar-refractivity contribution in [1.29, 1.82) is 0 Å². The second kappa shape index (κ2) is 5.35. The van der Waals surface area contributed by atoms with Crippen LogP contribution < -0.4 is 4.90 Å². The summed E-state index contributed by atoms with van der Waals surface area (Å²) in [6.07, 6.45) is 12.6. The number of aromatic nitrogens is 4. The van der Waals surface area contributed by atoms with E-state index in [0.29, 0.717) is 6.04 Å². The van der Waals surface area contributed by atoms with Gasteiger partial charge in [-0.05, 0) is 18.4 Å². The van der Waals surface area contributed by atoms with E-state index in [1.807, 2.05) is 31.1 Å². The molecule has 2 aliphatic heterocycles. The lowest BCUT2D eigenvalue weighted by Gasteiger charge is -2.23. The predicted octanol–water partition coefficient (Wildman–Crippen LogP) is 1.85. The summed E-state index contributed by atoms with van der Waals surface area (Å²) >= 11 is 0. The van der Waals surface area contributed by atoms with Gasteiger partial charge in [0.2, 0.25) is 5.95 Å². The molecule has 0 bridgehead atoms. The number of nitrogens with zero attached hydrogens (tertiary/aromatic N) is 5. The third-order valence-corrected chi connectivity index (χ3v) is 4.84. The van der Waals surface area contributed by atoms with Crippen molar-refractivity contribution in [2.24, 2.45) is 0 Å². The first-order chi connectivity index (χ1) is 10.8. The fraction of sp³-hybridized carbons (Fsp3) is 0.562. The lowest BCUT2D eigenvalue weighted by Crippen LogP contribution is -2.33. The summed E-state index contributed by atoms with van der Waals surface area (Å²) in [7, 11) is 0. The zero-order valence-corrected chi connectivity index (χ0v) is 12.9. The molecule has 0 amide bonds. The Morgan fingerprint density at radius 3 is 2.95 bits per heavy atom. The average molecular weight is 299 g/mol. The molecule has 2 saturated heterocycles. The normalized spacial score (nSPS) is 27.9. The first-order valence-electron chi connectivity index (χ1n) is 7.95. The molecule has 2 aromatic heterocycles. The number of hydrogen-bond donors (Lipinski definition) is 0. The summed E-state index contributed by atoms with van der Waals surface area (Å²) in [6.45, 7) is 4.72. The first kappa shape index (κ1) is 13.7. The fourth-order valence-corrected chi connectivity index (χ4v) is 3.49. The van der Waals surface area contributed by atoms with Gasteiger partial charge in [-0.15, -0.1) is 0 Å². The topological polar surface area (TPSA) is 56.1 Å². The smallest absolute Gasteiger partial charge is 0.225 e. The molecule has 0 aliphatic carbocycles. The van der Waals surface area contributed by atoms with Crippen molar-refractivity contribution >= 4 is 5.95 Å². The number of anilines is 1. The second-order valence-electron chi connectivity index (χ2n) is 6.28. The number of aryl methyl sites for hydroxylation is 1. The van der Waals surface area contributed by atoms with Crippen molar-refractivity contribution in [3.8, 4) is 0 Å². The molecule has 6 heteroatoms. The molecule has 1 spiro atoms. The van der Waals surface area contributed by atoms with Gasteiger partial charge < -0.3 is 14.2 Å². The van der Waals surface area contributed by atoms with Crippen molar-refractivity contribution in [1.82, 2.24) is 19.5 Å². The van der Waals surface area contributed by atoms with Crippen LogP contribution in [0.4, 0.5) is 5.95 Å². The van der Waals surface area contributed by atoms with Crippen LogP contribution in [0.15, 0.2) is 31.1 Å². The van der Waals surface area contributed by atoms with E-state index in [-0.39, 0.29) is 5.60 Å². The maximum Gasteiger partial charge on any atom is 0.225 e. The molecule has 0 aromatic carbocycles. The van der Waals surface area contributed by atoms with Crippen LogP contribution in [0.3, 0.4) is 0 Å². The Morgan fingerprint density at radius 1 is 1.36 bits per heavy atom. The highest BCUT2D eigenvalue weighted by molar-refractivity contribution is 5.34. The van der Waals surface area contributed by atoms with E-state index in [1.165, 1.54) is 5.56 Å². The highest BCUT2D eigenvalue weighted by Gasteiger charge is 2.46. The third kappa shape index (κ3) is 2.37. The average Bonchev–Trinajstić information content (AvgIpc) is 3.29. The van der Waals surface area contributed by atoms with Gasteiger partial charge in [0.1, 0.15) is 0 Å². The molecular formula is C16H21N5O. The number of rotatable bonds is 3. The van der Waals surface area contributed by atoms with Gasteiger partial charge in [-0.3, -0.25) is 0 Å². The minimum Gasteiger partial charge on any atom is -0.371 e. The maximum absolute atomic E-state index is 6.19. The molecule has 22 heavy (non-hydrogen) atoms. The summed E-state index contributed by atoms with van der Waals surface area (Å²) in [5.74, 6) is 0.823. The fourth-order valence-electron chi connectivity index (χ4n) is 3.49. The van der Waals surface area contributed by atoms with E-state index in [2.05, 4.69) is 31.3 Å². The summed E-state index contributed by atoms with van der Waals surface area (Å²) in [5.41, 5.74) is 1.12. The largest absolute Gasteiger partial charge is 0.371 e. The molecule has 2 atom stereocenters. The van der Waals surface area contributed by atoms with Crippen LogP contribution >= 0.6 is 0 Å². The molecule has 2 aliphatic rings. The van der Waals surface area contributed by atoms with Gasteiger partial charge in [-0.1, -0.05) is 6.92 Å². The molecule has 4 heterocycles. The standard InChI is InChI=1S/C16H21N5O/c1-2-13-8-18-15(19-9-13)20-5-3-16(11-20)7-14(10-22-16)21-6-4-17-12-21/h4,6,8-9,12,14H,2-3,5,7,10-11H2,1H3/t14-,16+/m0/s1. The Kier molecular flexibility index (Phi) is 3.33. The molecule has 4 rings (SSSR count). The first-order valence-corrected chi connectivity index (χ1v) is 7.95. The molecule has 0 radical (unpaired) electrons. The van der Waals surface area contributed by atoms with Crippen LogP contribution in [-0.4, -0.2) is 44.8 Å². The van der Waals surface area contributed by atoms with Crippen LogP contribution in [0.1, 0.15) is 31.4 Å². The quantitative estimate of drug-likeness (QED) is 0.865. The van der Waals surface area contributed by atoms with Crippen molar-refractivity contribution < 1.29 is 4.74 Å². The number of hydrogen-bond acceptors (Lipinski definition) is 5. The Morgan fingerprint density at radius 2 is 2.23 bits per heavy atom. The van der Waals surface area contributed by atoms with Crippen LogP contribution in [0.2, 0.25) is 0 Å². The molecule has 116 valence electrons. The van der Waals surface area contributed by atoms with Gasteiger partial charge >= 0.3 is 0 Å². The number of ether oxygens (including phenoxy) is 1. The number of imidazole rings is 1. The molecular weight excluding hydrogens is 278 g/mol. The molecule has 6 nitrogen and oxygen atoms in total. The van der Waals surface area contributed by atoms with Gasteiger partial charge in [-0.25, -0.2) is 15.0 Å². The van der Waals surface area contributed by atoms with E-state index >= 15 is 0 Å². The van der Waals surface area contributed by atoms with Crippen LogP contribution in [-0.2, 0) is 11.2 Å². The van der Waals surface area contributed by atoms with E-state index in [0.717, 1.165) is 44.9 Å². The minimum absolute atomic E-state index is 0.0538. The minimum atomic E-state index is -0.0538. The Bertz CT molecular complexity index is 626. The molecule has 0 N–H and O–H groups in total. The van der Waals surface area contributed by atoms with Crippen molar-refractivity contribution in [2.75, 3.05) is 24.6 Å². The van der Waals surface area contributed by atoms with E-state index in [1.54, 1.807) is 0 Å². The Hall–Kier alpha value is -1.95. The van der Waals surface area contributed by atoms with Crippen molar-refractivity contribution in [3.05, 3.63) is 36.7 Å². The lowest BCUT2D eigenvalue weighted by atomic mass is 9.97. The van der Waals surface area contributed by atoms with Gasteiger partial charge in [0.25, 0.3) is 0 Å². The highest BCUT2D eigenvalue weighted by Crippen LogP contribution is 2.40. The van der Waals surface area contributed by atoms with Crippen LogP contribution in [0.5, 0.6) is 0 Å². The van der Waals surface area contributed by atoms with Gasteiger partial charge in [0.15, 0.2) is 0 Å². The summed E-state index contributed by atoms with van der Waals surface area (Å²) in [6, 6.07) is 0.394. The van der Waals surface area contributed by atoms with Crippen molar-refractivity contribution in [2.45, 2.75) is 37.8 Å². The summed E-state index contributed by atoms with van der Waals surface area (Å²) in [5, 5.41) is 0. The van der Waals surface area contributed by atoms with Crippen LogP contribution in [0.25, 0.3) is 0 Å². The third-order valence-electron chi connectivity index (χ3n) is 4.84. The second-order valence-corrected chi connectivity index (χ2v) is 6.28. The summed E-state index contributed by atoms with van der Waals surface area (Å²) < 4.78 is 8.35. The summed E-state index contributed by atoms with van der Waals surface area (Å²) in [4.78, 5) is 15.4. The van der Waals surface area contributed by atoms with Gasteiger partial charge in [0.05, 0.1) is 31.1 Å². The molecule has 2 aromatic rings. The van der Waals surface area contributed by atoms with Gasteiger partial charge in [0, 0.05) is 37.8 Å². The zero-order valence-electron chi connectivity index (χ0n) is 12.9. The monoisotopic (exact) mass is 299 g/mol. The Labute approximate surface area is 130 Å². The molecule has 0 saturated carbocycles. The molecule has 0 unspecified atom stereocenters. The van der Waals surface area contributed by atoms with Crippen molar-refractivity contribution in [3.63, 3.8) is 0 Å². The van der Waals surface area contributed by atoms with Crippen LogP contribution in [0, 0.1) is 0 Å². The van der Waals surface area contributed by atoms with E-state index < -0.39 is 0 Å². The highest BCUT2D eigenvalue weighted by atomic mass is 16.5. The predicted molar refractivity (Wildman–Crippen MR) is 82.8 cm³/mol. The van der Waals surface area contributed by atoms with E-state index in [9.17, 15) is 0 Å². The Balaban J connectivity index is 1.45. The SMILES string of the molecule is CCc1cnc(N2CC[C@@]3(C[C@H](n4ccnc4)CO3)C2)nc1. The van der Waals surface area contributed by atoms with E-state index in [4.69, 9.17) is 4.74 Å². The zero-order chi connectivity index (χ0) is 15.0. The van der Waals surface area contributed by atoms with Gasteiger partial charge in [-0.2, -0.15) is 0 Å².